The molecular weight excluding hydrogens is 455 g/mol. The van der Waals surface area contributed by atoms with Gasteiger partial charge in [-0.15, -0.1) is 0 Å². The SMILES string of the molecule is CC1(C)c2ccccc2-c2cc3c4cnccc4n(-c4cccc5c4oc4c([B]O)cccc45)c3cc21. The van der Waals surface area contributed by atoms with Crippen molar-refractivity contribution >= 4 is 56.7 Å². The number of para-hydroxylation sites is 2. The summed E-state index contributed by atoms with van der Waals surface area (Å²) in [4.78, 5) is 4.49. The lowest BCUT2D eigenvalue weighted by atomic mass is 9.82. The quantitative estimate of drug-likeness (QED) is 0.285. The first-order valence-corrected chi connectivity index (χ1v) is 12.5. The summed E-state index contributed by atoms with van der Waals surface area (Å²) in [5, 5.41) is 14.1. The maximum absolute atomic E-state index is 9.81. The summed E-state index contributed by atoms with van der Waals surface area (Å²) in [6, 6.07) is 27.6. The molecule has 1 aliphatic carbocycles. The van der Waals surface area contributed by atoms with E-state index in [4.69, 9.17) is 4.42 Å². The third-order valence-corrected chi connectivity index (χ3v) is 8.18. The first-order chi connectivity index (χ1) is 18.1. The molecule has 4 aromatic carbocycles. The minimum Gasteiger partial charge on any atom is -0.454 e. The first-order valence-electron chi connectivity index (χ1n) is 12.5. The van der Waals surface area contributed by atoms with Crippen molar-refractivity contribution < 1.29 is 9.44 Å². The van der Waals surface area contributed by atoms with Gasteiger partial charge in [0.05, 0.1) is 16.7 Å². The van der Waals surface area contributed by atoms with Crippen LogP contribution in [-0.2, 0) is 5.41 Å². The molecular formula is C32H22BN2O2. The fourth-order valence-corrected chi connectivity index (χ4v) is 6.42. The summed E-state index contributed by atoms with van der Waals surface area (Å²) >= 11 is 0. The maximum Gasteiger partial charge on any atom is 0.330 e. The van der Waals surface area contributed by atoms with Crippen LogP contribution in [0.25, 0.3) is 60.6 Å². The molecule has 5 heteroatoms. The third kappa shape index (κ3) is 2.59. The van der Waals surface area contributed by atoms with Crippen LogP contribution in [0.2, 0.25) is 0 Å². The first kappa shape index (κ1) is 20.8. The average Bonchev–Trinajstić information content (AvgIpc) is 3.54. The van der Waals surface area contributed by atoms with Crippen LogP contribution in [-0.4, -0.2) is 22.1 Å². The van der Waals surface area contributed by atoms with Crippen LogP contribution < -0.4 is 5.46 Å². The molecule has 0 atom stereocenters. The Hall–Kier alpha value is -4.35. The molecule has 1 N–H and O–H groups in total. The number of benzene rings is 4. The van der Waals surface area contributed by atoms with Gasteiger partial charge >= 0.3 is 7.48 Å². The van der Waals surface area contributed by atoms with E-state index in [9.17, 15) is 5.02 Å². The van der Waals surface area contributed by atoms with E-state index < -0.39 is 0 Å². The van der Waals surface area contributed by atoms with Gasteiger partial charge in [0.2, 0.25) is 0 Å². The van der Waals surface area contributed by atoms with Crippen LogP contribution >= 0.6 is 0 Å². The number of fused-ring (bicyclic) bond motifs is 9. The van der Waals surface area contributed by atoms with Gasteiger partial charge in [-0.25, -0.2) is 0 Å². The third-order valence-electron chi connectivity index (χ3n) is 8.18. The Morgan fingerprint density at radius 3 is 2.43 bits per heavy atom. The molecule has 4 nitrogen and oxygen atoms in total. The molecule has 0 aliphatic heterocycles. The highest BCUT2D eigenvalue weighted by molar-refractivity contribution is 6.50. The molecule has 0 saturated heterocycles. The molecule has 1 aliphatic rings. The lowest BCUT2D eigenvalue weighted by Gasteiger charge is -2.21. The smallest absolute Gasteiger partial charge is 0.330 e. The van der Waals surface area contributed by atoms with Gasteiger partial charge in [-0.1, -0.05) is 68.4 Å². The van der Waals surface area contributed by atoms with Crippen molar-refractivity contribution in [2.75, 3.05) is 0 Å². The van der Waals surface area contributed by atoms with Crippen molar-refractivity contribution in [2.24, 2.45) is 0 Å². The fourth-order valence-electron chi connectivity index (χ4n) is 6.42. The Morgan fingerprint density at radius 2 is 1.57 bits per heavy atom. The second-order valence-corrected chi connectivity index (χ2v) is 10.4. The summed E-state index contributed by atoms with van der Waals surface area (Å²) in [5.41, 5.74) is 10.5. The van der Waals surface area contributed by atoms with Gasteiger partial charge < -0.3 is 14.0 Å². The molecule has 0 amide bonds. The fraction of sp³-hybridized carbons (Fsp3) is 0.0938. The van der Waals surface area contributed by atoms with Gasteiger partial charge in [0.1, 0.15) is 5.58 Å². The molecule has 0 unspecified atom stereocenters. The number of furan rings is 1. The number of aromatic nitrogens is 2. The van der Waals surface area contributed by atoms with E-state index in [1.54, 1.807) is 0 Å². The minimum absolute atomic E-state index is 0.100. The minimum atomic E-state index is -0.100. The van der Waals surface area contributed by atoms with E-state index in [1.165, 1.54) is 27.6 Å². The summed E-state index contributed by atoms with van der Waals surface area (Å²) in [5.74, 6) is 0. The van der Waals surface area contributed by atoms with E-state index in [2.05, 4.69) is 84.1 Å². The predicted molar refractivity (Wildman–Crippen MR) is 151 cm³/mol. The zero-order valence-electron chi connectivity index (χ0n) is 20.5. The molecule has 175 valence electrons. The molecule has 37 heavy (non-hydrogen) atoms. The van der Waals surface area contributed by atoms with Crippen molar-refractivity contribution in [3.8, 4) is 16.8 Å². The van der Waals surface area contributed by atoms with Crippen LogP contribution in [0.5, 0.6) is 0 Å². The lowest BCUT2D eigenvalue weighted by molar-refractivity contribution is 0.613. The van der Waals surface area contributed by atoms with Crippen LogP contribution in [0.1, 0.15) is 25.0 Å². The Kier molecular flexibility index (Phi) is 4.00. The molecule has 3 aromatic heterocycles. The molecule has 0 spiro atoms. The molecule has 0 saturated carbocycles. The van der Waals surface area contributed by atoms with Crippen LogP contribution in [0, 0.1) is 0 Å². The largest absolute Gasteiger partial charge is 0.454 e. The molecule has 7 aromatic rings. The highest BCUT2D eigenvalue weighted by Crippen LogP contribution is 2.51. The van der Waals surface area contributed by atoms with Gasteiger partial charge in [-0.05, 0) is 52.0 Å². The van der Waals surface area contributed by atoms with Crippen molar-refractivity contribution in [3.63, 3.8) is 0 Å². The van der Waals surface area contributed by atoms with Crippen molar-refractivity contribution in [1.29, 1.82) is 0 Å². The summed E-state index contributed by atoms with van der Waals surface area (Å²) in [6.45, 7) is 4.62. The Morgan fingerprint density at radius 1 is 0.757 bits per heavy atom. The van der Waals surface area contributed by atoms with Crippen LogP contribution in [0.15, 0.2) is 95.7 Å². The summed E-state index contributed by atoms with van der Waals surface area (Å²) in [6.07, 6.45) is 3.81. The Balaban J connectivity index is 1.52. The monoisotopic (exact) mass is 477 g/mol. The van der Waals surface area contributed by atoms with Gasteiger partial charge in [-0.3, -0.25) is 4.98 Å². The van der Waals surface area contributed by atoms with E-state index in [1.807, 2.05) is 30.6 Å². The van der Waals surface area contributed by atoms with E-state index in [0.29, 0.717) is 11.0 Å². The number of rotatable bonds is 2. The number of nitrogens with zero attached hydrogens (tertiary/aromatic N) is 2. The number of hydrogen-bond donors (Lipinski definition) is 1. The van der Waals surface area contributed by atoms with Gasteiger partial charge in [-0.2, -0.15) is 0 Å². The standard InChI is InChI=1S/C32H22BN2O2/c1-32(2)24-10-4-3-7-18(24)21-15-22-23-17-34-14-13-27(23)35(29(22)16-25(21)32)28-12-6-9-20-19-8-5-11-26(33-36)30(19)37-31(20)28/h3-17,36H,1-2H3. The zero-order chi connectivity index (χ0) is 24.9. The topological polar surface area (TPSA) is 51.2 Å². The predicted octanol–water partition coefficient (Wildman–Crippen LogP) is 6.62. The van der Waals surface area contributed by atoms with Gasteiger partial charge in [0.25, 0.3) is 0 Å². The highest BCUT2D eigenvalue weighted by atomic mass is 16.3. The van der Waals surface area contributed by atoms with Crippen LogP contribution in [0.3, 0.4) is 0 Å². The number of hydrogen-bond acceptors (Lipinski definition) is 3. The van der Waals surface area contributed by atoms with Gasteiger partial charge in [0, 0.05) is 39.4 Å². The second-order valence-electron chi connectivity index (χ2n) is 10.4. The lowest BCUT2D eigenvalue weighted by Crippen LogP contribution is -2.14. The zero-order valence-corrected chi connectivity index (χ0v) is 20.5. The molecule has 0 fully saturated rings. The van der Waals surface area contributed by atoms with Gasteiger partial charge in [0.15, 0.2) is 5.58 Å². The van der Waals surface area contributed by atoms with Crippen molar-refractivity contribution in [2.45, 2.75) is 19.3 Å². The summed E-state index contributed by atoms with van der Waals surface area (Å²) in [7, 11) is 1.11. The average molecular weight is 477 g/mol. The van der Waals surface area contributed by atoms with Crippen molar-refractivity contribution in [1.82, 2.24) is 9.55 Å². The molecule has 0 bridgehead atoms. The summed E-state index contributed by atoms with van der Waals surface area (Å²) < 4.78 is 8.79. The Labute approximate surface area is 214 Å². The molecule has 8 rings (SSSR count). The van der Waals surface area contributed by atoms with E-state index >= 15 is 0 Å². The highest BCUT2D eigenvalue weighted by Gasteiger charge is 2.36. The number of pyridine rings is 1. The molecule has 1 radical (unpaired) electrons. The van der Waals surface area contributed by atoms with E-state index in [0.717, 1.165) is 45.9 Å². The maximum atomic E-state index is 9.81. The second kappa shape index (κ2) is 7.12. The van der Waals surface area contributed by atoms with Crippen molar-refractivity contribution in [3.05, 3.63) is 102 Å². The Bertz CT molecular complexity index is 2070. The van der Waals surface area contributed by atoms with E-state index in [-0.39, 0.29) is 5.41 Å². The normalized spacial score (nSPS) is 14.0. The van der Waals surface area contributed by atoms with Crippen LogP contribution in [0.4, 0.5) is 0 Å². The molecule has 3 heterocycles.